The van der Waals surface area contributed by atoms with Crippen molar-refractivity contribution in [3.05, 3.63) is 37.0 Å². The molecule has 0 unspecified atom stereocenters. The van der Waals surface area contributed by atoms with Gasteiger partial charge in [0.1, 0.15) is 6.61 Å². The van der Waals surface area contributed by atoms with Crippen LogP contribution >= 0.6 is 0 Å². The number of rotatable bonds is 5. The van der Waals surface area contributed by atoms with Gasteiger partial charge in [0, 0.05) is 6.92 Å². The lowest BCUT2D eigenvalue weighted by Gasteiger charge is -2.44. The summed E-state index contributed by atoms with van der Waals surface area (Å²) in [5.74, 6) is 0.584. The highest BCUT2D eigenvalue weighted by atomic mass is 16.5. The van der Waals surface area contributed by atoms with Crippen LogP contribution in [0, 0.1) is 17.3 Å². The topological polar surface area (TPSA) is 26.3 Å². The van der Waals surface area contributed by atoms with Gasteiger partial charge < -0.3 is 4.74 Å². The van der Waals surface area contributed by atoms with Crippen LogP contribution in [-0.4, -0.2) is 12.6 Å². The molecule has 106 valence electrons. The van der Waals surface area contributed by atoms with Crippen molar-refractivity contribution in [3.8, 4) is 0 Å². The summed E-state index contributed by atoms with van der Waals surface area (Å²) in [4.78, 5) is 10.9. The molecule has 0 aliphatic heterocycles. The second-order valence-electron chi connectivity index (χ2n) is 6.02. The van der Waals surface area contributed by atoms with E-state index in [1.165, 1.54) is 12.5 Å². The van der Waals surface area contributed by atoms with Gasteiger partial charge in [-0.3, -0.25) is 4.79 Å². The Morgan fingerprint density at radius 2 is 2.05 bits per heavy atom. The Bertz CT molecular complexity index is 394. The average molecular weight is 262 g/mol. The molecule has 2 nitrogen and oxygen atoms in total. The Labute approximate surface area is 117 Å². The molecule has 3 atom stereocenters. The van der Waals surface area contributed by atoms with Crippen molar-refractivity contribution in [1.29, 1.82) is 0 Å². The SMILES string of the molecule is C=C[C@]1(C)CC[C@@H](C(=C)C)C[C@H]1C(=C)COC(C)=O. The first kappa shape index (κ1) is 15.7. The van der Waals surface area contributed by atoms with E-state index in [0.29, 0.717) is 18.4 Å². The molecule has 0 heterocycles. The fourth-order valence-electron chi connectivity index (χ4n) is 2.95. The predicted molar refractivity (Wildman–Crippen MR) is 79.7 cm³/mol. The molecule has 1 aliphatic rings. The van der Waals surface area contributed by atoms with E-state index in [4.69, 9.17) is 4.74 Å². The average Bonchev–Trinajstić information content (AvgIpc) is 2.36. The van der Waals surface area contributed by atoms with E-state index in [2.05, 4.69) is 33.6 Å². The van der Waals surface area contributed by atoms with Crippen LogP contribution in [-0.2, 0) is 9.53 Å². The molecular formula is C17H26O2. The Morgan fingerprint density at radius 3 is 2.53 bits per heavy atom. The van der Waals surface area contributed by atoms with Gasteiger partial charge in [-0.25, -0.2) is 0 Å². The lowest BCUT2D eigenvalue weighted by Crippen LogP contribution is -2.35. The number of hydrogen-bond acceptors (Lipinski definition) is 2. The fourth-order valence-corrected chi connectivity index (χ4v) is 2.95. The first-order valence-corrected chi connectivity index (χ1v) is 6.90. The second kappa shape index (κ2) is 6.23. The maximum atomic E-state index is 10.9. The van der Waals surface area contributed by atoms with Gasteiger partial charge in [-0.1, -0.05) is 31.7 Å². The van der Waals surface area contributed by atoms with Crippen LogP contribution in [0.5, 0.6) is 0 Å². The Morgan fingerprint density at radius 1 is 1.42 bits per heavy atom. The molecule has 0 saturated heterocycles. The van der Waals surface area contributed by atoms with Crippen molar-refractivity contribution in [2.24, 2.45) is 17.3 Å². The smallest absolute Gasteiger partial charge is 0.302 e. The highest BCUT2D eigenvalue weighted by Crippen LogP contribution is 2.48. The first-order valence-electron chi connectivity index (χ1n) is 6.90. The van der Waals surface area contributed by atoms with Crippen LogP contribution < -0.4 is 0 Å². The summed E-state index contributed by atoms with van der Waals surface area (Å²) in [6.07, 6.45) is 5.29. The fraction of sp³-hybridized carbons (Fsp3) is 0.588. The molecule has 0 aromatic carbocycles. The van der Waals surface area contributed by atoms with E-state index in [9.17, 15) is 4.79 Å². The Balaban J connectivity index is 2.82. The van der Waals surface area contributed by atoms with E-state index in [-0.39, 0.29) is 11.4 Å². The van der Waals surface area contributed by atoms with Gasteiger partial charge in [0.15, 0.2) is 0 Å². The zero-order chi connectivity index (χ0) is 14.6. The summed E-state index contributed by atoms with van der Waals surface area (Å²) in [6, 6.07) is 0. The van der Waals surface area contributed by atoms with Crippen LogP contribution in [0.15, 0.2) is 37.0 Å². The standard InChI is InChI=1S/C17H26O2/c1-7-17(6)9-8-15(12(2)3)10-16(17)13(4)11-19-14(5)18/h7,15-16H,1-2,4,8-11H2,3,5-6H3/t15-,16+,17-/m1/s1. The van der Waals surface area contributed by atoms with E-state index in [1.54, 1.807) is 0 Å². The molecule has 1 saturated carbocycles. The number of esters is 1. The molecule has 1 fully saturated rings. The van der Waals surface area contributed by atoms with Gasteiger partial charge in [0.05, 0.1) is 0 Å². The monoisotopic (exact) mass is 262 g/mol. The summed E-state index contributed by atoms with van der Waals surface area (Å²) in [5, 5.41) is 0. The summed E-state index contributed by atoms with van der Waals surface area (Å²) >= 11 is 0. The van der Waals surface area contributed by atoms with Gasteiger partial charge in [-0.15, -0.1) is 6.58 Å². The largest absolute Gasteiger partial charge is 0.461 e. The molecule has 0 bridgehead atoms. The van der Waals surface area contributed by atoms with Crippen molar-refractivity contribution in [1.82, 2.24) is 0 Å². The van der Waals surface area contributed by atoms with Gasteiger partial charge in [-0.2, -0.15) is 0 Å². The van der Waals surface area contributed by atoms with Crippen LogP contribution in [0.3, 0.4) is 0 Å². The summed E-state index contributed by atoms with van der Waals surface area (Å²) in [7, 11) is 0. The van der Waals surface area contributed by atoms with Crippen molar-refractivity contribution < 1.29 is 9.53 Å². The lowest BCUT2D eigenvalue weighted by atomic mass is 9.61. The minimum absolute atomic E-state index is 0.0448. The quantitative estimate of drug-likeness (QED) is 0.545. The van der Waals surface area contributed by atoms with Crippen LogP contribution in [0.2, 0.25) is 0 Å². The first-order chi connectivity index (χ1) is 8.80. The van der Waals surface area contributed by atoms with E-state index in [0.717, 1.165) is 24.8 Å². The minimum atomic E-state index is -0.256. The third kappa shape index (κ3) is 3.82. The molecule has 0 N–H and O–H groups in total. The van der Waals surface area contributed by atoms with Gasteiger partial charge in [-0.05, 0) is 49.0 Å². The van der Waals surface area contributed by atoms with Crippen molar-refractivity contribution in [2.75, 3.05) is 6.61 Å². The molecule has 0 aromatic rings. The summed E-state index contributed by atoms with van der Waals surface area (Å²) in [5.41, 5.74) is 2.27. The molecule has 1 rings (SSSR count). The predicted octanol–water partition coefficient (Wildman–Crippen LogP) is 4.29. The molecular weight excluding hydrogens is 236 g/mol. The molecule has 0 spiro atoms. The van der Waals surface area contributed by atoms with Crippen LogP contribution in [0.1, 0.15) is 40.0 Å². The van der Waals surface area contributed by atoms with E-state index < -0.39 is 0 Å². The van der Waals surface area contributed by atoms with Crippen LogP contribution in [0.25, 0.3) is 0 Å². The third-order valence-corrected chi connectivity index (χ3v) is 4.46. The zero-order valence-electron chi connectivity index (χ0n) is 12.5. The van der Waals surface area contributed by atoms with Gasteiger partial charge >= 0.3 is 5.97 Å². The summed E-state index contributed by atoms with van der Waals surface area (Å²) < 4.78 is 5.10. The van der Waals surface area contributed by atoms with Crippen molar-refractivity contribution in [3.63, 3.8) is 0 Å². The number of allylic oxidation sites excluding steroid dienone is 2. The number of hydrogen-bond donors (Lipinski definition) is 0. The minimum Gasteiger partial charge on any atom is -0.461 e. The molecule has 1 aliphatic carbocycles. The zero-order valence-corrected chi connectivity index (χ0v) is 12.5. The maximum Gasteiger partial charge on any atom is 0.302 e. The summed E-state index contributed by atoms with van der Waals surface area (Å²) in [6.45, 7) is 18.2. The molecule has 0 radical (unpaired) electrons. The van der Waals surface area contributed by atoms with E-state index >= 15 is 0 Å². The van der Waals surface area contributed by atoms with Crippen molar-refractivity contribution in [2.45, 2.75) is 40.0 Å². The highest BCUT2D eigenvalue weighted by molar-refractivity contribution is 5.66. The Kier molecular flexibility index (Phi) is 5.16. The van der Waals surface area contributed by atoms with Crippen LogP contribution in [0.4, 0.5) is 0 Å². The third-order valence-electron chi connectivity index (χ3n) is 4.46. The molecule has 0 aromatic heterocycles. The lowest BCUT2D eigenvalue weighted by molar-refractivity contribution is -0.140. The van der Waals surface area contributed by atoms with E-state index in [1.807, 2.05) is 6.08 Å². The van der Waals surface area contributed by atoms with Crippen molar-refractivity contribution >= 4 is 5.97 Å². The normalized spacial score (nSPS) is 30.5. The Hall–Kier alpha value is -1.31. The molecule has 19 heavy (non-hydrogen) atoms. The number of carbonyl (C=O) groups is 1. The highest BCUT2D eigenvalue weighted by Gasteiger charge is 2.39. The van der Waals surface area contributed by atoms with Gasteiger partial charge in [0.25, 0.3) is 0 Å². The molecule has 0 amide bonds. The second-order valence-corrected chi connectivity index (χ2v) is 6.02. The number of carbonyl (C=O) groups excluding carboxylic acids is 1. The molecule has 2 heteroatoms. The number of ether oxygens (including phenoxy) is 1. The van der Waals surface area contributed by atoms with Gasteiger partial charge in [0.2, 0.25) is 0 Å². The maximum absolute atomic E-state index is 10.9.